The first kappa shape index (κ1) is 23.6. The average molecular weight is 505 g/mol. The lowest BCUT2D eigenvalue weighted by molar-refractivity contribution is -0.385. The lowest BCUT2D eigenvalue weighted by Gasteiger charge is -2.46. The summed E-state index contributed by atoms with van der Waals surface area (Å²) in [6.07, 6.45) is 0. The molecule has 15 nitrogen and oxygen atoms in total. The van der Waals surface area contributed by atoms with E-state index in [9.17, 15) is 29.3 Å². The van der Waals surface area contributed by atoms with Gasteiger partial charge >= 0.3 is 24.0 Å². The summed E-state index contributed by atoms with van der Waals surface area (Å²) in [4.78, 5) is 70.5. The van der Waals surface area contributed by atoms with Gasteiger partial charge in [0.05, 0.1) is 43.9 Å². The maximum atomic E-state index is 13.9. The number of ether oxygens (including phenoxy) is 4. The minimum absolute atomic E-state index is 0.0601. The number of benzene rings is 1. The lowest BCUT2D eigenvalue weighted by atomic mass is 9.90. The molecule has 4 amide bonds. The summed E-state index contributed by atoms with van der Waals surface area (Å²) >= 11 is 0. The molecule has 0 radical (unpaired) electrons. The van der Waals surface area contributed by atoms with Crippen molar-refractivity contribution >= 4 is 29.7 Å². The highest BCUT2D eigenvalue weighted by Gasteiger charge is 2.88. The van der Waals surface area contributed by atoms with Gasteiger partial charge in [0, 0.05) is 11.6 Å². The van der Waals surface area contributed by atoms with Crippen molar-refractivity contribution in [1.29, 1.82) is 0 Å². The Bertz CT molecular complexity index is 1210. The van der Waals surface area contributed by atoms with Crippen molar-refractivity contribution in [2.45, 2.75) is 38.3 Å². The number of carbonyl (C=O) groups is 4. The molecule has 3 saturated heterocycles. The predicted molar refractivity (Wildman–Crippen MR) is 115 cm³/mol. The van der Waals surface area contributed by atoms with Gasteiger partial charge in [-0.05, 0) is 19.9 Å². The Hall–Kier alpha value is -4.14. The minimum atomic E-state index is -2.36. The van der Waals surface area contributed by atoms with E-state index in [4.69, 9.17) is 18.9 Å². The second kappa shape index (κ2) is 7.94. The monoisotopic (exact) mass is 505 g/mol. The Morgan fingerprint density at radius 2 is 1.44 bits per heavy atom. The van der Waals surface area contributed by atoms with Crippen molar-refractivity contribution in [3.8, 4) is 5.75 Å². The van der Waals surface area contributed by atoms with Gasteiger partial charge in [0.25, 0.3) is 17.0 Å². The number of rotatable bonds is 6. The molecule has 0 N–H and O–H groups in total. The molecule has 36 heavy (non-hydrogen) atoms. The van der Waals surface area contributed by atoms with Crippen LogP contribution in [0.2, 0.25) is 0 Å². The fourth-order valence-corrected chi connectivity index (χ4v) is 5.65. The highest BCUT2D eigenvalue weighted by atomic mass is 16.6. The molecule has 3 fully saturated rings. The molecule has 1 aromatic rings. The van der Waals surface area contributed by atoms with Gasteiger partial charge in [0.15, 0.2) is 0 Å². The van der Waals surface area contributed by atoms with Crippen LogP contribution in [0.5, 0.6) is 5.75 Å². The highest BCUT2D eigenvalue weighted by Crippen LogP contribution is 2.57. The van der Waals surface area contributed by atoms with E-state index < -0.39 is 66.8 Å². The third-order valence-electron chi connectivity index (χ3n) is 6.95. The molecule has 0 saturated carbocycles. The molecule has 4 aliphatic rings. The van der Waals surface area contributed by atoms with Crippen LogP contribution in [0.1, 0.15) is 25.0 Å². The van der Waals surface area contributed by atoms with Crippen molar-refractivity contribution < 1.29 is 43.0 Å². The first-order valence-corrected chi connectivity index (χ1v) is 11.2. The summed E-state index contributed by atoms with van der Waals surface area (Å²) < 4.78 is 21.6. The molecule has 192 valence electrons. The fraction of sp³-hybridized carbons (Fsp3) is 0.524. The number of methoxy groups -OCH3 is 1. The smallest absolute Gasteiger partial charge is 0.359 e. The lowest BCUT2D eigenvalue weighted by Crippen LogP contribution is -2.77. The standard InChI is InChI=1S/C21H23N5O10/c1-4-35-16(27)20-21(17(28)36-5-2)24-10-34-11-25(21)19(30)23(20)9-13-12(8-22(20)18(24)29)14(26(31)32)6-7-15(13)33-3/h6-7H,4-5,8-11H2,1-3H3/t20-,21+/m0/s1. The number of nitrogens with zero attached hydrogens (tertiary/aromatic N) is 5. The van der Waals surface area contributed by atoms with Gasteiger partial charge in [0.1, 0.15) is 19.2 Å². The second-order valence-corrected chi connectivity index (χ2v) is 8.34. The summed E-state index contributed by atoms with van der Waals surface area (Å²) in [6, 6.07) is 0.914. The number of hydrogen-bond donors (Lipinski definition) is 0. The molecule has 0 spiro atoms. The van der Waals surface area contributed by atoms with Gasteiger partial charge in [0.2, 0.25) is 0 Å². The zero-order valence-electron chi connectivity index (χ0n) is 19.7. The quantitative estimate of drug-likeness (QED) is 0.303. The van der Waals surface area contributed by atoms with Crippen molar-refractivity contribution in [1.82, 2.24) is 19.6 Å². The number of carbonyl (C=O) groups excluding carboxylic acids is 4. The number of amides is 4. The van der Waals surface area contributed by atoms with Crippen LogP contribution in [0.25, 0.3) is 0 Å². The van der Waals surface area contributed by atoms with Crippen molar-refractivity contribution in [3.05, 3.63) is 33.4 Å². The summed E-state index contributed by atoms with van der Waals surface area (Å²) in [5, 5.41) is 11.9. The molecule has 1 aromatic carbocycles. The molecule has 0 aliphatic carbocycles. The van der Waals surface area contributed by atoms with Crippen LogP contribution in [-0.2, 0) is 36.9 Å². The van der Waals surface area contributed by atoms with Crippen LogP contribution in [0.4, 0.5) is 15.3 Å². The van der Waals surface area contributed by atoms with Gasteiger partial charge in [-0.2, -0.15) is 0 Å². The van der Waals surface area contributed by atoms with Gasteiger partial charge in [-0.25, -0.2) is 19.2 Å². The van der Waals surface area contributed by atoms with Crippen LogP contribution >= 0.6 is 0 Å². The third-order valence-corrected chi connectivity index (χ3v) is 6.95. The Morgan fingerprint density at radius 1 is 0.944 bits per heavy atom. The average Bonchev–Trinajstić information content (AvgIpc) is 3.13. The zero-order valence-corrected chi connectivity index (χ0v) is 19.7. The Balaban J connectivity index is 1.87. The van der Waals surface area contributed by atoms with Crippen LogP contribution in [0.3, 0.4) is 0 Å². The third kappa shape index (κ3) is 2.49. The molecule has 4 heterocycles. The van der Waals surface area contributed by atoms with Crippen molar-refractivity contribution in [2.24, 2.45) is 0 Å². The van der Waals surface area contributed by atoms with Gasteiger partial charge in [-0.3, -0.25) is 29.7 Å². The maximum absolute atomic E-state index is 13.9. The van der Waals surface area contributed by atoms with Crippen LogP contribution in [0, 0.1) is 10.1 Å². The topological polar surface area (TPSA) is 161 Å². The molecule has 5 rings (SSSR count). The molecule has 0 aromatic heterocycles. The number of nitro benzene ring substituents is 1. The largest absolute Gasteiger partial charge is 0.496 e. The molecule has 4 aliphatic heterocycles. The number of urea groups is 2. The van der Waals surface area contributed by atoms with Crippen molar-refractivity contribution in [3.63, 3.8) is 0 Å². The van der Waals surface area contributed by atoms with E-state index in [-0.39, 0.29) is 35.8 Å². The van der Waals surface area contributed by atoms with Gasteiger partial charge in [-0.15, -0.1) is 0 Å². The number of esters is 2. The molecule has 0 unspecified atom stereocenters. The van der Waals surface area contributed by atoms with Crippen LogP contribution in [-0.4, -0.2) is 93.6 Å². The summed E-state index contributed by atoms with van der Waals surface area (Å²) in [5.41, 5.74) is -4.70. The Labute approximate surface area is 204 Å². The first-order chi connectivity index (χ1) is 17.2. The Kier molecular flexibility index (Phi) is 5.21. The molecular formula is C21H23N5O10. The predicted octanol–water partition coefficient (Wildman–Crippen LogP) is 0.556. The van der Waals surface area contributed by atoms with E-state index in [2.05, 4.69) is 0 Å². The first-order valence-electron chi connectivity index (χ1n) is 11.2. The molecule has 15 heteroatoms. The van der Waals surface area contributed by atoms with E-state index in [1.807, 2.05) is 0 Å². The van der Waals surface area contributed by atoms with E-state index in [0.29, 0.717) is 0 Å². The fourth-order valence-electron chi connectivity index (χ4n) is 5.65. The molecule has 0 bridgehead atoms. The zero-order chi connectivity index (χ0) is 26.0. The van der Waals surface area contributed by atoms with E-state index in [1.165, 1.54) is 26.2 Å². The second-order valence-electron chi connectivity index (χ2n) is 8.34. The van der Waals surface area contributed by atoms with Gasteiger partial charge in [-0.1, -0.05) is 0 Å². The highest BCUT2D eigenvalue weighted by molar-refractivity contribution is 6.09. The van der Waals surface area contributed by atoms with E-state index >= 15 is 0 Å². The molecule has 2 atom stereocenters. The van der Waals surface area contributed by atoms with Crippen LogP contribution in [0.15, 0.2) is 12.1 Å². The summed E-state index contributed by atoms with van der Waals surface area (Å²) in [6.45, 7) is 1.12. The van der Waals surface area contributed by atoms with Crippen molar-refractivity contribution in [2.75, 3.05) is 33.8 Å². The van der Waals surface area contributed by atoms with Gasteiger partial charge < -0.3 is 18.9 Å². The van der Waals surface area contributed by atoms with Crippen LogP contribution < -0.4 is 4.74 Å². The minimum Gasteiger partial charge on any atom is -0.496 e. The normalized spacial score (nSPS) is 25.9. The maximum Gasteiger partial charge on any atom is 0.359 e. The SMILES string of the molecule is CCOC(=O)[C@]12N3COCN1C(=O)N1Cc4c([N+](=O)[O-])ccc(OC)c4CN(C3=O)[C@]12C(=O)OCC. The summed E-state index contributed by atoms with van der Waals surface area (Å²) in [7, 11) is 1.35. The number of hydrogen-bond acceptors (Lipinski definition) is 10. The summed E-state index contributed by atoms with van der Waals surface area (Å²) in [5.74, 6) is -1.87. The van der Waals surface area contributed by atoms with E-state index in [0.717, 1.165) is 19.6 Å². The number of nitro groups is 1. The van der Waals surface area contributed by atoms with E-state index in [1.54, 1.807) is 6.92 Å². The number of fused-ring (bicyclic) bond motifs is 1. The molecular weight excluding hydrogens is 482 g/mol. The Morgan fingerprint density at radius 3 is 1.92 bits per heavy atom.